The highest BCUT2D eigenvalue weighted by Crippen LogP contribution is 2.13. The molecule has 2 aromatic carbocycles. The van der Waals surface area contributed by atoms with Crippen molar-refractivity contribution in [3.8, 4) is 0 Å². The Balaban J connectivity index is 0.00000364. The lowest BCUT2D eigenvalue weighted by Crippen LogP contribution is -2.22. The van der Waals surface area contributed by atoms with Crippen LogP contribution in [-0.2, 0) is 17.8 Å². The van der Waals surface area contributed by atoms with E-state index in [1.54, 1.807) is 0 Å². The Bertz CT molecular complexity index is 757. The van der Waals surface area contributed by atoms with Crippen molar-refractivity contribution in [2.75, 3.05) is 10.6 Å². The average Bonchev–Trinajstić information content (AvgIpc) is 2.60. The summed E-state index contributed by atoms with van der Waals surface area (Å²) in [6.07, 6.45) is 1.52. The molecule has 27 heavy (non-hydrogen) atoms. The fraction of sp³-hybridized carbons (Fsp3) is 0.333. The molecule has 4 N–H and O–H groups in total. The van der Waals surface area contributed by atoms with Gasteiger partial charge in [-0.15, -0.1) is 24.0 Å². The van der Waals surface area contributed by atoms with Crippen molar-refractivity contribution in [2.45, 2.75) is 40.2 Å². The van der Waals surface area contributed by atoms with Crippen LogP contribution in [0.5, 0.6) is 0 Å². The number of carbonyl (C=O) groups excluding carboxylic acids is 1. The Hall–Kier alpha value is -2.09. The lowest BCUT2D eigenvalue weighted by Gasteiger charge is -2.09. The SMILES string of the molecule is CCc1ccc(NC(N)=NCc2cccc(NC(=O)CC(C)C)c2)cc1.I. The van der Waals surface area contributed by atoms with Gasteiger partial charge in [0, 0.05) is 17.8 Å². The first-order valence-corrected chi connectivity index (χ1v) is 9.01. The van der Waals surface area contributed by atoms with Crippen LogP contribution in [0.3, 0.4) is 0 Å². The highest BCUT2D eigenvalue weighted by atomic mass is 127. The quantitative estimate of drug-likeness (QED) is 0.303. The first-order chi connectivity index (χ1) is 12.5. The molecule has 0 heterocycles. The largest absolute Gasteiger partial charge is 0.370 e. The zero-order chi connectivity index (χ0) is 18.9. The number of hydrogen-bond acceptors (Lipinski definition) is 2. The Labute approximate surface area is 178 Å². The molecule has 2 aromatic rings. The van der Waals surface area contributed by atoms with Gasteiger partial charge in [0.1, 0.15) is 0 Å². The number of carbonyl (C=O) groups is 1. The molecule has 2 rings (SSSR count). The zero-order valence-electron chi connectivity index (χ0n) is 16.2. The summed E-state index contributed by atoms with van der Waals surface area (Å²) in [4.78, 5) is 16.3. The topological polar surface area (TPSA) is 79.5 Å². The Kier molecular flexibility index (Phi) is 9.85. The van der Waals surface area contributed by atoms with Gasteiger partial charge in [-0.05, 0) is 47.7 Å². The molecule has 6 heteroatoms. The second-order valence-electron chi connectivity index (χ2n) is 6.72. The molecular weight excluding hydrogens is 451 g/mol. The minimum atomic E-state index is 0. The van der Waals surface area contributed by atoms with E-state index in [9.17, 15) is 4.79 Å². The molecule has 0 fully saturated rings. The van der Waals surface area contributed by atoms with E-state index in [1.165, 1.54) is 5.56 Å². The molecule has 0 atom stereocenters. The predicted octanol–water partition coefficient (Wildman–Crippen LogP) is 4.78. The molecule has 0 aliphatic rings. The number of anilines is 2. The molecule has 0 aliphatic carbocycles. The van der Waals surface area contributed by atoms with Gasteiger partial charge in [-0.1, -0.05) is 45.0 Å². The molecule has 0 radical (unpaired) electrons. The van der Waals surface area contributed by atoms with Gasteiger partial charge in [-0.3, -0.25) is 4.79 Å². The number of nitrogens with zero attached hydrogens (tertiary/aromatic N) is 1. The van der Waals surface area contributed by atoms with Crippen LogP contribution in [0.15, 0.2) is 53.5 Å². The van der Waals surface area contributed by atoms with Gasteiger partial charge in [0.25, 0.3) is 0 Å². The summed E-state index contributed by atoms with van der Waals surface area (Å²) < 4.78 is 0. The fourth-order valence-electron chi connectivity index (χ4n) is 2.52. The van der Waals surface area contributed by atoms with Gasteiger partial charge >= 0.3 is 0 Å². The van der Waals surface area contributed by atoms with E-state index in [1.807, 2.05) is 50.2 Å². The van der Waals surface area contributed by atoms with E-state index in [4.69, 9.17) is 5.73 Å². The zero-order valence-corrected chi connectivity index (χ0v) is 18.5. The number of halogens is 1. The maximum Gasteiger partial charge on any atom is 0.224 e. The van der Waals surface area contributed by atoms with Gasteiger partial charge in [0.05, 0.1) is 6.54 Å². The molecule has 0 aromatic heterocycles. The van der Waals surface area contributed by atoms with Crippen molar-refractivity contribution in [3.63, 3.8) is 0 Å². The number of benzene rings is 2. The highest BCUT2D eigenvalue weighted by molar-refractivity contribution is 14.0. The molecule has 0 spiro atoms. The number of aryl methyl sites for hydroxylation is 1. The first-order valence-electron chi connectivity index (χ1n) is 9.01. The van der Waals surface area contributed by atoms with Crippen molar-refractivity contribution >= 4 is 47.2 Å². The van der Waals surface area contributed by atoms with Gasteiger partial charge in [-0.2, -0.15) is 0 Å². The normalized spacial score (nSPS) is 11.0. The summed E-state index contributed by atoms with van der Waals surface area (Å²) in [6, 6.07) is 15.8. The molecular formula is C21H29IN4O. The lowest BCUT2D eigenvalue weighted by molar-refractivity contribution is -0.116. The van der Waals surface area contributed by atoms with E-state index < -0.39 is 0 Å². The second kappa shape index (κ2) is 11.6. The van der Waals surface area contributed by atoms with Crippen LogP contribution in [0, 0.1) is 5.92 Å². The number of aliphatic imine (C=N–C) groups is 1. The van der Waals surface area contributed by atoms with E-state index in [0.717, 1.165) is 23.4 Å². The van der Waals surface area contributed by atoms with Crippen molar-refractivity contribution in [2.24, 2.45) is 16.6 Å². The third kappa shape index (κ3) is 8.43. The lowest BCUT2D eigenvalue weighted by atomic mass is 10.1. The van der Waals surface area contributed by atoms with E-state index in [2.05, 4.69) is 34.7 Å². The van der Waals surface area contributed by atoms with Gasteiger partial charge in [-0.25, -0.2) is 4.99 Å². The Morgan fingerprint density at radius 1 is 1.04 bits per heavy atom. The average molecular weight is 480 g/mol. The van der Waals surface area contributed by atoms with Crippen LogP contribution in [0.4, 0.5) is 11.4 Å². The smallest absolute Gasteiger partial charge is 0.224 e. The molecule has 5 nitrogen and oxygen atoms in total. The van der Waals surface area contributed by atoms with Crippen molar-refractivity contribution in [1.29, 1.82) is 0 Å². The highest BCUT2D eigenvalue weighted by Gasteiger charge is 2.05. The number of nitrogens with two attached hydrogens (primary N) is 1. The summed E-state index contributed by atoms with van der Waals surface area (Å²) in [5.74, 6) is 0.723. The molecule has 0 saturated heterocycles. The Morgan fingerprint density at radius 2 is 1.74 bits per heavy atom. The van der Waals surface area contributed by atoms with Crippen LogP contribution in [0.25, 0.3) is 0 Å². The van der Waals surface area contributed by atoms with Crippen LogP contribution < -0.4 is 16.4 Å². The molecule has 146 valence electrons. The van der Waals surface area contributed by atoms with E-state index >= 15 is 0 Å². The number of nitrogens with one attached hydrogen (secondary N) is 2. The van der Waals surface area contributed by atoms with Crippen LogP contribution in [0.2, 0.25) is 0 Å². The molecule has 0 aliphatic heterocycles. The summed E-state index contributed by atoms with van der Waals surface area (Å²) in [7, 11) is 0. The monoisotopic (exact) mass is 480 g/mol. The van der Waals surface area contributed by atoms with Crippen LogP contribution >= 0.6 is 24.0 Å². The van der Waals surface area contributed by atoms with E-state index in [-0.39, 0.29) is 29.9 Å². The van der Waals surface area contributed by atoms with Crippen LogP contribution in [-0.4, -0.2) is 11.9 Å². The third-order valence-electron chi connectivity index (χ3n) is 3.87. The Morgan fingerprint density at radius 3 is 2.37 bits per heavy atom. The molecule has 0 unspecified atom stereocenters. The number of hydrogen-bond donors (Lipinski definition) is 3. The van der Waals surface area contributed by atoms with Crippen molar-refractivity contribution in [3.05, 3.63) is 59.7 Å². The minimum absolute atomic E-state index is 0. The molecule has 0 saturated carbocycles. The predicted molar refractivity (Wildman–Crippen MR) is 125 cm³/mol. The standard InChI is InChI=1S/C21H28N4O.HI/c1-4-16-8-10-18(11-9-16)25-21(22)23-14-17-6-5-7-19(13-17)24-20(26)12-15(2)3;/h5-11,13,15H,4,12,14H2,1-3H3,(H,24,26)(H3,22,23,25);1H. The second-order valence-corrected chi connectivity index (χ2v) is 6.72. The van der Waals surface area contributed by atoms with Gasteiger partial charge < -0.3 is 16.4 Å². The summed E-state index contributed by atoms with van der Waals surface area (Å²) >= 11 is 0. The number of amides is 1. The van der Waals surface area contributed by atoms with Gasteiger partial charge in [0.2, 0.25) is 5.91 Å². The molecule has 1 amide bonds. The third-order valence-corrected chi connectivity index (χ3v) is 3.87. The first kappa shape index (κ1) is 23.0. The van der Waals surface area contributed by atoms with Crippen LogP contribution in [0.1, 0.15) is 38.3 Å². The van der Waals surface area contributed by atoms with Gasteiger partial charge in [0.15, 0.2) is 5.96 Å². The maximum absolute atomic E-state index is 11.9. The number of guanidine groups is 1. The maximum atomic E-state index is 11.9. The summed E-state index contributed by atoms with van der Waals surface area (Å²) in [5, 5.41) is 6.01. The van der Waals surface area contributed by atoms with E-state index in [0.29, 0.717) is 24.8 Å². The summed E-state index contributed by atoms with van der Waals surface area (Å²) in [5.41, 5.74) is 9.93. The fourth-order valence-corrected chi connectivity index (χ4v) is 2.52. The molecule has 0 bridgehead atoms. The number of rotatable bonds is 7. The van der Waals surface area contributed by atoms with Crippen molar-refractivity contribution in [1.82, 2.24) is 0 Å². The summed E-state index contributed by atoms with van der Waals surface area (Å²) in [6.45, 7) is 6.62. The minimum Gasteiger partial charge on any atom is -0.370 e. The van der Waals surface area contributed by atoms with Crippen molar-refractivity contribution < 1.29 is 4.79 Å².